The van der Waals surface area contributed by atoms with Gasteiger partial charge in [-0.15, -0.1) is 0 Å². The molecule has 1 rings (SSSR count). The van der Waals surface area contributed by atoms with E-state index in [4.69, 9.17) is 20.4 Å². The monoisotopic (exact) mass is 363 g/mol. The van der Waals surface area contributed by atoms with Crippen molar-refractivity contribution in [2.45, 2.75) is 0 Å². The highest BCUT2D eigenvalue weighted by Gasteiger charge is 2.18. The molecule has 0 amide bonds. The first-order valence-electron chi connectivity index (χ1n) is 6.25. The molecule has 0 radical (unpaired) electrons. The number of benzene rings is 1. The fraction of sp³-hybridized carbons (Fsp3) is 0.462. The number of halogens is 2. The Hall–Kier alpha value is -1.38. The first-order chi connectivity index (χ1) is 10.1. The Labute approximate surface area is 131 Å². The minimum absolute atomic E-state index is 0.148. The molecule has 0 aliphatic rings. The van der Waals surface area contributed by atoms with Crippen LogP contribution >= 0.6 is 15.9 Å². The molecule has 8 heteroatoms. The van der Waals surface area contributed by atoms with Crippen LogP contribution in [0.15, 0.2) is 21.8 Å². The lowest BCUT2D eigenvalue weighted by Crippen LogP contribution is -2.31. The molecule has 0 aliphatic carbocycles. The summed E-state index contributed by atoms with van der Waals surface area (Å²) in [6.45, 7) is 1.96. The molecule has 0 aliphatic heterocycles. The summed E-state index contributed by atoms with van der Waals surface area (Å²) in [5.41, 5.74) is 6.18. The van der Waals surface area contributed by atoms with Crippen molar-refractivity contribution in [3.05, 3.63) is 28.0 Å². The number of hydrogen-bond acceptors (Lipinski definition) is 5. The molecule has 0 fully saturated rings. The molecule has 0 atom stereocenters. The summed E-state index contributed by atoms with van der Waals surface area (Å²) in [5.74, 6) is -0.640. The Bertz CT molecular complexity index is 492. The molecule has 3 N–H and O–H groups in total. The minimum Gasteiger partial charge on any atom is -0.409 e. The lowest BCUT2D eigenvalue weighted by atomic mass is 10.1. The number of ether oxygens (including phenoxy) is 2. The summed E-state index contributed by atoms with van der Waals surface area (Å²) >= 11 is 3.14. The van der Waals surface area contributed by atoms with Crippen molar-refractivity contribution in [3.63, 3.8) is 0 Å². The Balaban J connectivity index is 3.11. The SMILES string of the molecule is COCCN(CCOC)c1ccc(/C(N)=N/O)c(Br)c1F. The van der Waals surface area contributed by atoms with Crippen LogP contribution in [0.3, 0.4) is 0 Å². The van der Waals surface area contributed by atoms with Crippen molar-refractivity contribution >= 4 is 27.5 Å². The number of nitrogens with two attached hydrogens (primary N) is 1. The van der Waals surface area contributed by atoms with E-state index in [1.54, 1.807) is 26.4 Å². The van der Waals surface area contributed by atoms with Crippen LogP contribution < -0.4 is 10.6 Å². The summed E-state index contributed by atoms with van der Waals surface area (Å²) in [7, 11) is 3.17. The molecular weight excluding hydrogens is 345 g/mol. The number of methoxy groups -OCH3 is 2. The normalized spacial score (nSPS) is 11.7. The maximum Gasteiger partial charge on any atom is 0.171 e. The lowest BCUT2D eigenvalue weighted by Gasteiger charge is -2.25. The number of oxime groups is 1. The highest BCUT2D eigenvalue weighted by molar-refractivity contribution is 9.10. The molecule has 118 valence electrons. The van der Waals surface area contributed by atoms with Gasteiger partial charge < -0.3 is 25.3 Å². The quantitative estimate of drug-likeness (QED) is 0.318. The van der Waals surface area contributed by atoms with Crippen LogP contribution in [0.1, 0.15) is 5.56 Å². The summed E-state index contributed by atoms with van der Waals surface area (Å²) < 4.78 is 24.7. The maximum absolute atomic E-state index is 14.5. The van der Waals surface area contributed by atoms with E-state index >= 15 is 0 Å². The molecule has 0 saturated carbocycles. The van der Waals surface area contributed by atoms with Crippen LogP contribution in [0.5, 0.6) is 0 Å². The van der Waals surface area contributed by atoms with Gasteiger partial charge in [0.1, 0.15) is 0 Å². The van der Waals surface area contributed by atoms with Crippen molar-refractivity contribution in [1.82, 2.24) is 0 Å². The van der Waals surface area contributed by atoms with E-state index in [9.17, 15) is 4.39 Å². The van der Waals surface area contributed by atoms with Crippen molar-refractivity contribution in [2.75, 3.05) is 45.4 Å². The van der Waals surface area contributed by atoms with Gasteiger partial charge in [0.25, 0.3) is 0 Å². The molecule has 21 heavy (non-hydrogen) atoms. The number of nitrogens with zero attached hydrogens (tertiary/aromatic N) is 2. The second kappa shape index (κ2) is 8.81. The Morgan fingerprint density at radius 3 is 2.38 bits per heavy atom. The topological polar surface area (TPSA) is 80.3 Å². The molecule has 1 aromatic rings. The van der Waals surface area contributed by atoms with E-state index in [0.29, 0.717) is 32.0 Å². The second-order valence-electron chi connectivity index (χ2n) is 4.22. The molecular formula is C13H19BrFN3O3. The molecule has 0 heterocycles. The molecule has 0 saturated heterocycles. The number of amidine groups is 1. The van der Waals surface area contributed by atoms with Crippen LogP contribution in [0, 0.1) is 5.82 Å². The van der Waals surface area contributed by atoms with E-state index in [-0.39, 0.29) is 15.9 Å². The van der Waals surface area contributed by atoms with E-state index in [1.807, 2.05) is 4.90 Å². The lowest BCUT2D eigenvalue weighted by molar-refractivity contribution is 0.190. The van der Waals surface area contributed by atoms with Gasteiger partial charge >= 0.3 is 0 Å². The van der Waals surface area contributed by atoms with Gasteiger partial charge in [-0.1, -0.05) is 5.16 Å². The average Bonchev–Trinajstić information content (AvgIpc) is 2.50. The van der Waals surface area contributed by atoms with E-state index in [2.05, 4.69) is 21.1 Å². The molecule has 1 aromatic carbocycles. The van der Waals surface area contributed by atoms with Crippen LogP contribution in [0.2, 0.25) is 0 Å². The summed E-state index contributed by atoms with van der Waals surface area (Å²) in [5, 5.41) is 11.6. The fourth-order valence-corrected chi connectivity index (χ4v) is 2.33. The number of rotatable bonds is 8. The maximum atomic E-state index is 14.5. The van der Waals surface area contributed by atoms with Gasteiger partial charge in [0.15, 0.2) is 11.7 Å². The molecule has 0 spiro atoms. The number of hydrogen-bond donors (Lipinski definition) is 2. The predicted molar refractivity (Wildman–Crippen MR) is 82.6 cm³/mol. The highest BCUT2D eigenvalue weighted by Crippen LogP contribution is 2.29. The highest BCUT2D eigenvalue weighted by atomic mass is 79.9. The Kier molecular flexibility index (Phi) is 7.41. The molecule has 6 nitrogen and oxygen atoms in total. The standard InChI is InChI=1S/C13H19BrFN3O3/c1-20-7-5-18(6-8-21-2)10-4-3-9(13(16)17-19)11(14)12(10)15/h3-4,19H,5-8H2,1-2H3,(H2,16,17). The summed E-state index contributed by atoms with van der Waals surface area (Å²) in [6, 6.07) is 3.17. The molecule has 0 unspecified atom stereocenters. The van der Waals surface area contributed by atoms with Crippen molar-refractivity contribution in [2.24, 2.45) is 10.9 Å². The zero-order chi connectivity index (χ0) is 15.8. The zero-order valence-electron chi connectivity index (χ0n) is 12.0. The van der Waals surface area contributed by atoms with Crippen LogP contribution in [0.4, 0.5) is 10.1 Å². The first kappa shape index (κ1) is 17.7. The van der Waals surface area contributed by atoms with Gasteiger partial charge in [-0.05, 0) is 28.1 Å². The van der Waals surface area contributed by atoms with Crippen LogP contribution in [-0.4, -0.2) is 51.6 Å². The molecule has 0 bridgehead atoms. The third-order valence-corrected chi connectivity index (χ3v) is 3.69. The van der Waals surface area contributed by atoms with Crippen molar-refractivity contribution in [3.8, 4) is 0 Å². The van der Waals surface area contributed by atoms with E-state index in [1.165, 1.54) is 0 Å². The third kappa shape index (κ3) is 4.55. The average molecular weight is 364 g/mol. The summed E-state index contributed by atoms with van der Waals surface area (Å²) in [6.07, 6.45) is 0. The Morgan fingerprint density at radius 2 is 1.90 bits per heavy atom. The number of anilines is 1. The third-order valence-electron chi connectivity index (χ3n) is 2.92. The summed E-state index contributed by atoms with van der Waals surface area (Å²) in [4.78, 5) is 1.81. The van der Waals surface area contributed by atoms with Gasteiger partial charge in [-0.2, -0.15) is 0 Å². The van der Waals surface area contributed by atoms with Crippen LogP contribution in [-0.2, 0) is 9.47 Å². The van der Waals surface area contributed by atoms with Gasteiger partial charge in [-0.25, -0.2) is 4.39 Å². The van der Waals surface area contributed by atoms with Crippen LogP contribution in [0.25, 0.3) is 0 Å². The predicted octanol–water partition coefficient (Wildman–Crippen LogP) is 1.78. The largest absolute Gasteiger partial charge is 0.409 e. The van der Waals surface area contributed by atoms with Crippen molar-refractivity contribution < 1.29 is 19.1 Å². The van der Waals surface area contributed by atoms with E-state index in [0.717, 1.165) is 0 Å². The van der Waals surface area contributed by atoms with E-state index < -0.39 is 5.82 Å². The Morgan fingerprint density at radius 1 is 1.33 bits per heavy atom. The van der Waals surface area contributed by atoms with Gasteiger partial charge in [0, 0.05) is 32.9 Å². The zero-order valence-corrected chi connectivity index (χ0v) is 13.6. The second-order valence-corrected chi connectivity index (χ2v) is 5.01. The minimum atomic E-state index is -0.480. The molecule has 0 aromatic heterocycles. The van der Waals surface area contributed by atoms with Gasteiger partial charge in [-0.3, -0.25) is 0 Å². The van der Waals surface area contributed by atoms with Crippen molar-refractivity contribution in [1.29, 1.82) is 0 Å². The van der Waals surface area contributed by atoms with Gasteiger partial charge in [0.05, 0.1) is 23.4 Å². The van der Waals surface area contributed by atoms with Gasteiger partial charge in [0.2, 0.25) is 0 Å². The first-order valence-corrected chi connectivity index (χ1v) is 7.04. The fourth-order valence-electron chi connectivity index (χ4n) is 1.79. The smallest absolute Gasteiger partial charge is 0.171 e.